The van der Waals surface area contributed by atoms with Gasteiger partial charge >= 0.3 is 5.97 Å². The number of aliphatic hydroxyl groups excluding tert-OH is 1. The molecule has 0 radical (unpaired) electrons. The van der Waals surface area contributed by atoms with E-state index in [0.717, 1.165) is 44.2 Å². The smallest absolute Gasteiger partial charge is 0.339 e. The first kappa shape index (κ1) is 21.0. The number of hydrogen-bond donors (Lipinski definition) is 1. The molecule has 0 amide bonds. The third kappa shape index (κ3) is 6.07. The van der Waals surface area contributed by atoms with Crippen LogP contribution in [0.4, 0.5) is 5.69 Å². The van der Waals surface area contributed by atoms with Crippen molar-refractivity contribution in [1.29, 1.82) is 0 Å². The monoisotopic (exact) mass is 375 g/mol. The molecular formula is C15H21NO8S. The first-order chi connectivity index (χ1) is 11.7. The zero-order chi connectivity index (χ0) is 19.0. The Morgan fingerprint density at radius 1 is 1.28 bits per heavy atom. The van der Waals surface area contributed by atoms with Crippen LogP contribution in [0.15, 0.2) is 29.2 Å². The summed E-state index contributed by atoms with van der Waals surface area (Å²) >= 11 is 0. The molecule has 0 saturated heterocycles. The standard InChI is InChI=1S/C15H21NO8S/c1-3-4-5-6-13(17)14(15(18)23-2)24-25(21,22)12-9-7-11(8-10-12)16(19)20/h7-10,13-14,17H,3-6H2,1-2H3. The second-order valence-corrected chi connectivity index (χ2v) is 6.88. The predicted octanol–water partition coefficient (Wildman–Crippen LogP) is 1.78. The lowest BCUT2D eigenvalue weighted by molar-refractivity contribution is -0.384. The van der Waals surface area contributed by atoms with Gasteiger partial charge in [0.1, 0.15) is 0 Å². The fourth-order valence-corrected chi connectivity index (χ4v) is 3.12. The fourth-order valence-electron chi connectivity index (χ4n) is 2.06. The number of ether oxygens (including phenoxy) is 1. The molecule has 10 heteroatoms. The topological polar surface area (TPSA) is 133 Å². The minimum atomic E-state index is -4.42. The molecule has 0 bridgehead atoms. The first-order valence-electron chi connectivity index (χ1n) is 7.66. The van der Waals surface area contributed by atoms with Gasteiger partial charge in [0, 0.05) is 12.1 Å². The van der Waals surface area contributed by atoms with Gasteiger partial charge in [-0.2, -0.15) is 8.42 Å². The Kier molecular flexibility index (Phi) is 7.94. The largest absolute Gasteiger partial charge is 0.467 e. The van der Waals surface area contributed by atoms with E-state index in [9.17, 15) is 28.4 Å². The second kappa shape index (κ2) is 9.44. The van der Waals surface area contributed by atoms with E-state index < -0.39 is 33.2 Å². The van der Waals surface area contributed by atoms with Crippen LogP contribution in [0.2, 0.25) is 0 Å². The van der Waals surface area contributed by atoms with E-state index >= 15 is 0 Å². The summed E-state index contributed by atoms with van der Waals surface area (Å²) in [7, 11) is -3.36. The average molecular weight is 375 g/mol. The molecule has 1 aromatic rings. The van der Waals surface area contributed by atoms with Crippen LogP contribution < -0.4 is 0 Å². The van der Waals surface area contributed by atoms with Crippen molar-refractivity contribution in [2.75, 3.05) is 7.11 Å². The number of unbranched alkanes of at least 4 members (excludes halogenated alkanes) is 2. The summed E-state index contributed by atoms with van der Waals surface area (Å²) < 4.78 is 33.9. The summed E-state index contributed by atoms with van der Waals surface area (Å²) in [4.78, 5) is 21.3. The molecule has 0 heterocycles. The molecule has 0 aliphatic heterocycles. The number of carbonyl (C=O) groups excluding carboxylic acids is 1. The molecule has 25 heavy (non-hydrogen) atoms. The van der Waals surface area contributed by atoms with Crippen LogP contribution >= 0.6 is 0 Å². The van der Waals surface area contributed by atoms with Gasteiger partial charge in [0.25, 0.3) is 15.8 Å². The van der Waals surface area contributed by atoms with Crippen LogP contribution in [0.3, 0.4) is 0 Å². The number of nitro benzene ring substituents is 1. The number of nitrogens with zero attached hydrogens (tertiary/aromatic N) is 1. The zero-order valence-electron chi connectivity index (χ0n) is 14.0. The lowest BCUT2D eigenvalue weighted by atomic mass is 10.1. The van der Waals surface area contributed by atoms with E-state index in [4.69, 9.17) is 4.18 Å². The Bertz CT molecular complexity index is 686. The lowest BCUT2D eigenvalue weighted by Gasteiger charge is -2.20. The molecule has 0 saturated carbocycles. The second-order valence-electron chi connectivity index (χ2n) is 5.31. The number of benzene rings is 1. The van der Waals surface area contributed by atoms with Crippen LogP contribution in [0.5, 0.6) is 0 Å². The van der Waals surface area contributed by atoms with Crippen molar-refractivity contribution >= 4 is 21.8 Å². The van der Waals surface area contributed by atoms with E-state index in [1.54, 1.807) is 0 Å². The van der Waals surface area contributed by atoms with E-state index in [2.05, 4.69) is 4.74 Å². The third-order valence-corrected chi connectivity index (χ3v) is 4.76. The molecule has 0 aliphatic carbocycles. The van der Waals surface area contributed by atoms with E-state index in [-0.39, 0.29) is 17.0 Å². The number of rotatable bonds is 10. The number of non-ortho nitro benzene ring substituents is 1. The van der Waals surface area contributed by atoms with Gasteiger partial charge < -0.3 is 9.84 Å². The third-order valence-electron chi connectivity index (χ3n) is 3.45. The van der Waals surface area contributed by atoms with Gasteiger partial charge in [-0.25, -0.2) is 8.98 Å². The molecule has 1 aromatic carbocycles. The maximum Gasteiger partial charge on any atom is 0.339 e. The molecule has 1 rings (SSSR count). The van der Waals surface area contributed by atoms with Gasteiger partial charge in [-0.15, -0.1) is 0 Å². The highest BCUT2D eigenvalue weighted by Gasteiger charge is 2.34. The molecular weight excluding hydrogens is 354 g/mol. The van der Waals surface area contributed by atoms with Crippen molar-refractivity contribution in [2.45, 2.75) is 49.7 Å². The van der Waals surface area contributed by atoms with Crippen LogP contribution in [0.25, 0.3) is 0 Å². The van der Waals surface area contributed by atoms with Crippen LogP contribution in [0, 0.1) is 10.1 Å². The summed E-state index contributed by atoms with van der Waals surface area (Å²) in [6.45, 7) is 1.96. The fraction of sp³-hybridized carbons (Fsp3) is 0.533. The maximum absolute atomic E-state index is 12.3. The molecule has 140 valence electrons. The van der Waals surface area contributed by atoms with Gasteiger partial charge in [0.15, 0.2) is 6.10 Å². The van der Waals surface area contributed by atoms with E-state index in [0.29, 0.717) is 6.42 Å². The van der Waals surface area contributed by atoms with Gasteiger partial charge in [-0.1, -0.05) is 26.2 Å². The highest BCUT2D eigenvalue weighted by molar-refractivity contribution is 7.86. The predicted molar refractivity (Wildman–Crippen MR) is 87.3 cm³/mol. The summed E-state index contributed by atoms with van der Waals surface area (Å²) in [5.74, 6) is -1.02. The summed E-state index contributed by atoms with van der Waals surface area (Å²) in [5.41, 5.74) is -0.289. The van der Waals surface area contributed by atoms with Crippen molar-refractivity contribution < 1.29 is 32.2 Å². The van der Waals surface area contributed by atoms with E-state index in [1.165, 1.54) is 0 Å². The first-order valence-corrected chi connectivity index (χ1v) is 9.07. The SMILES string of the molecule is CCCCCC(O)C(OS(=O)(=O)c1ccc([N+](=O)[O-])cc1)C(=O)OC. The Hall–Kier alpha value is -2.04. The zero-order valence-corrected chi connectivity index (χ0v) is 14.8. The Morgan fingerprint density at radius 3 is 2.36 bits per heavy atom. The summed E-state index contributed by atoms with van der Waals surface area (Å²) in [6, 6.07) is 3.98. The number of esters is 1. The number of methoxy groups -OCH3 is 1. The lowest BCUT2D eigenvalue weighted by Crippen LogP contribution is -2.39. The Labute approximate surface area is 145 Å². The minimum Gasteiger partial charge on any atom is -0.467 e. The summed E-state index contributed by atoms with van der Waals surface area (Å²) in [6.07, 6.45) is -0.610. The minimum absolute atomic E-state index is 0.170. The normalized spacial score (nSPS) is 13.9. The molecule has 0 aliphatic rings. The maximum atomic E-state index is 12.3. The van der Waals surface area contributed by atoms with Crippen LogP contribution in [0.1, 0.15) is 32.6 Å². The molecule has 2 atom stereocenters. The highest BCUT2D eigenvalue weighted by atomic mass is 32.2. The highest BCUT2D eigenvalue weighted by Crippen LogP contribution is 2.21. The molecule has 1 N–H and O–H groups in total. The van der Waals surface area contributed by atoms with Crippen molar-refractivity contribution in [1.82, 2.24) is 0 Å². The quantitative estimate of drug-likeness (QED) is 0.215. The van der Waals surface area contributed by atoms with Crippen LogP contribution in [-0.4, -0.2) is 43.7 Å². The number of carbonyl (C=O) groups is 1. The van der Waals surface area contributed by atoms with Crippen molar-refractivity contribution in [3.8, 4) is 0 Å². The van der Waals surface area contributed by atoms with Crippen molar-refractivity contribution in [3.05, 3.63) is 34.4 Å². The average Bonchev–Trinajstić information content (AvgIpc) is 2.59. The molecule has 0 spiro atoms. The molecule has 2 unspecified atom stereocenters. The number of hydrogen-bond acceptors (Lipinski definition) is 8. The molecule has 0 fully saturated rings. The molecule has 0 aromatic heterocycles. The number of nitro groups is 1. The van der Waals surface area contributed by atoms with Gasteiger partial charge in [-0.3, -0.25) is 10.1 Å². The Balaban J connectivity index is 2.96. The van der Waals surface area contributed by atoms with Gasteiger partial charge in [-0.05, 0) is 18.6 Å². The van der Waals surface area contributed by atoms with Crippen LogP contribution in [-0.2, 0) is 23.8 Å². The van der Waals surface area contributed by atoms with E-state index in [1.807, 2.05) is 6.92 Å². The van der Waals surface area contributed by atoms with Crippen molar-refractivity contribution in [3.63, 3.8) is 0 Å². The summed E-state index contributed by atoms with van der Waals surface area (Å²) in [5, 5.41) is 20.7. The van der Waals surface area contributed by atoms with Gasteiger partial charge in [0.05, 0.1) is 23.0 Å². The van der Waals surface area contributed by atoms with Gasteiger partial charge in [0.2, 0.25) is 0 Å². The number of aliphatic hydroxyl groups is 1. The van der Waals surface area contributed by atoms with Crippen molar-refractivity contribution in [2.24, 2.45) is 0 Å². The Morgan fingerprint density at radius 2 is 1.88 bits per heavy atom. The molecule has 9 nitrogen and oxygen atoms in total.